The topological polar surface area (TPSA) is 21.3 Å². The standard InChI is InChI=1S/C15H29NO/c1-16-15(13-8-4-2-5-9-13)12-17-14-10-6-3-7-11-14/h13-16H,2-12H2,1H3. The van der Waals surface area contributed by atoms with Crippen molar-refractivity contribution < 1.29 is 4.74 Å². The minimum atomic E-state index is 0.559. The Kier molecular flexibility index (Phi) is 5.79. The van der Waals surface area contributed by atoms with Crippen LogP contribution in [0.2, 0.25) is 0 Å². The van der Waals surface area contributed by atoms with Crippen molar-refractivity contribution in [1.29, 1.82) is 0 Å². The summed E-state index contributed by atoms with van der Waals surface area (Å²) < 4.78 is 6.13. The highest BCUT2D eigenvalue weighted by Crippen LogP contribution is 2.27. The van der Waals surface area contributed by atoms with Crippen molar-refractivity contribution in [3.05, 3.63) is 0 Å². The van der Waals surface area contributed by atoms with Gasteiger partial charge in [0.1, 0.15) is 0 Å². The Morgan fingerprint density at radius 2 is 1.53 bits per heavy atom. The first-order valence-corrected chi connectivity index (χ1v) is 7.69. The van der Waals surface area contributed by atoms with Crippen molar-refractivity contribution >= 4 is 0 Å². The first-order chi connectivity index (χ1) is 8.40. The Morgan fingerprint density at radius 3 is 2.12 bits per heavy atom. The average molecular weight is 239 g/mol. The van der Waals surface area contributed by atoms with Gasteiger partial charge in [-0.25, -0.2) is 0 Å². The van der Waals surface area contributed by atoms with Gasteiger partial charge in [0.05, 0.1) is 12.7 Å². The third-order valence-corrected chi connectivity index (χ3v) is 4.65. The van der Waals surface area contributed by atoms with Gasteiger partial charge in [0, 0.05) is 6.04 Å². The number of hydrogen-bond acceptors (Lipinski definition) is 2. The minimum absolute atomic E-state index is 0.559. The van der Waals surface area contributed by atoms with Crippen LogP contribution < -0.4 is 5.32 Å². The quantitative estimate of drug-likeness (QED) is 0.793. The van der Waals surface area contributed by atoms with Crippen LogP contribution in [0.5, 0.6) is 0 Å². The third kappa shape index (κ3) is 4.26. The number of likely N-dealkylation sites (N-methyl/N-ethyl adjacent to an activating group) is 1. The summed E-state index contributed by atoms with van der Waals surface area (Å²) in [6.45, 7) is 0.936. The molecule has 2 heteroatoms. The molecule has 0 radical (unpaired) electrons. The van der Waals surface area contributed by atoms with Crippen LogP contribution in [-0.2, 0) is 4.74 Å². The molecular weight excluding hydrogens is 210 g/mol. The molecule has 2 aliphatic rings. The summed E-state index contributed by atoms with van der Waals surface area (Å²) in [7, 11) is 2.10. The summed E-state index contributed by atoms with van der Waals surface area (Å²) in [6.07, 6.45) is 14.4. The number of nitrogens with one attached hydrogen (secondary N) is 1. The van der Waals surface area contributed by atoms with Crippen LogP contribution in [-0.4, -0.2) is 25.8 Å². The molecule has 100 valence electrons. The molecule has 0 bridgehead atoms. The van der Waals surface area contributed by atoms with Gasteiger partial charge in [-0.15, -0.1) is 0 Å². The van der Waals surface area contributed by atoms with E-state index in [1.807, 2.05) is 0 Å². The zero-order valence-electron chi connectivity index (χ0n) is 11.4. The zero-order chi connectivity index (χ0) is 11.9. The first-order valence-electron chi connectivity index (χ1n) is 7.69. The van der Waals surface area contributed by atoms with E-state index in [0.717, 1.165) is 12.5 Å². The van der Waals surface area contributed by atoms with Crippen LogP contribution in [0.15, 0.2) is 0 Å². The Morgan fingerprint density at radius 1 is 0.941 bits per heavy atom. The molecule has 0 saturated heterocycles. The maximum Gasteiger partial charge on any atom is 0.0625 e. The predicted octanol–water partition coefficient (Wildman–Crippen LogP) is 3.50. The van der Waals surface area contributed by atoms with Crippen molar-refractivity contribution in [3.63, 3.8) is 0 Å². The summed E-state index contributed by atoms with van der Waals surface area (Å²) >= 11 is 0. The molecule has 1 N–H and O–H groups in total. The lowest BCUT2D eigenvalue weighted by Crippen LogP contribution is -2.40. The summed E-state index contributed by atoms with van der Waals surface area (Å²) in [5.41, 5.74) is 0. The van der Waals surface area contributed by atoms with E-state index < -0.39 is 0 Å². The van der Waals surface area contributed by atoms with Crippen LogP contribution in [0, 0.1) is 5.92 Å². The van der Waals surface area contributed by atoms with E-state index in [0.29, 0.717) is 12.1 Å². The second-order valence-corrected chi connectivity index (χ2v) is 5.89. The first kappa shape index (κ1) is 13.4. The Bertz CT molecular complexity index is 195. The molecular formula is C15H29NO. The van der Waals surface area contributed by atoms with Gasteiger partial charge in [0.2, 0.25) is 0 Å². The molecule has 2 rings (SSSR count). The number of ether oxygens (including phenoxy) is 1. The molecule has 2 fully saturated rings. The molecule has 2 aliphatic carbocycles. The third-order valence-electron chi connectivity index (χ3n) is 4.65. The zero-order valence-corrected chi connectivity index (χ0v) is 11.4. The van der Waals surface area contributed by atoms with Crippen LogP contribution in [0.25, 0.3) is 0 Å². The van der Waals surface area contributed by atoms with E-state index in [1.165, 1.54) is 64.2 Å². The van der Waals surface area contributed by atoms with E-state index in [9.17, 15) is 0 Å². The van der Waals surface area contributed by atoms with Gasteiger partial charge in [-0.2, -0.15) is 0 Å². The van der Waals surface area contributed by atoms with Crippen molar-refractivity contribution in [2.75, 3.05) is 13.7 Å². The second kappa shape index (κ2) is 7.38. The van der Waals surface area contributed by atoms with Gasteiger partial charge < -0.3 is 10.1 Å². The summed E-state index contributed by atoms with van der Waals surface area (Å²) in [4.78, 5) is 0. The number of hydrogen-bond donors (Lipinski definition) is 1. The Labute approximate surface area is 107 Å². The molecule has 1 atom stereocenters. The van der Waals surface area contributed by atoms with Gasteiger partial charge in [-0.1, -0.05) is 38.5 Å². The van der Waals surface area contributed by atoms with E-state index in [2.05, 4.69) is 12.4 Å². The molecule has 1 unspecified atom stereocenters. The molecule has 0 amide bonds. The fourth-order valence-electron chi connectivity index (χ4n) is 3.46. The van der Waals surface area contributed by atoms with Gasteiger partial charge in [-0.05, 0) is 38.6 Å². The molecule has 0 aromatic rings. The highest BCUT2D eigenvalue weighted by Gasteiger charge is 2.24. The lowest BCUT2D eigenvalue weighted by atomic mass is 9.84. The molecule has 0 aromatic carbocycles. The SMILES string of the molecule is CNC(COC1CCCCC1)C1CCCCC1. The molecule has 17 heavy (non-hydrogen) atoms. The van der Waals surface area contributed by atoms with Gasteiger partial charge in [0.25, 0.3) is 0 Å². The van der Waals surface area contributed by atoms with Gasteiger partial charge in [-0.3, -0.25) is 0 Å². The fourth-order valence-corrected chi connectivity index (χ4v) is 3.46. The van der Waals surface area contributed by atoms with E-state index >= 15 is 0 Å². The highest BCUT2D eigenvalue weighted by molar-refractivity contribution is 4.79. The van der Waals surface area contributed by atoms with Crippen LogP contribution in [0.3, 0.4) is 0 Å². The average Bonchev–Trinajstić information content (AvgIpc) is 2.42. The van der Waals surface area contributed by atoms with Crippen molar-refractivity contribution in [1.82, 2.24) is 5.32 Å². The Balaban J connectivity index is 1.70. The summed E-state index contributed by atoms with van der Waals surface area (Å²) in [6, 6.07) is 0.595. The highest BCUT2D eigenvalue weighted by atomic mass is 16.5. The molecule has 0 aliphatic heterocycles. The maximum atomic E-state index is 6.13. The Hall–Kier alpha value is -0.0800. The molecule has 0 aromatic heterocycles. The minimum Gasteiger partial charge on any atom is -0.377 e. The maximum absolute atomic E-state index is 6.13. The van der Waals surface area contributed by atoms with E-state index in [4.69, 9.17) is 4.74 Å². The summed E-state index contributed by atoms with van der Waals surface area (Å²) in [5.74, 6) is 0.859. The molecule has 0 heterocycles. The van der Waals surface area contributed by atoms with Crippen LogP contribution in [0.4, 0.5) is 0 Å². The molecule has 2 nitrogen and oxygen atoms in total. The molecule has 0 spiro atoms. The lowest BCUT2D eigenvalue weighted by Gasteiger charge is -2.32. The normalized spacial score (nSPS) is 25.9. The smallest absolute Gasteiger partial charge is 0.0625 e. The monoisotopic (exact) mass is 239 g/mol. The predicted molar refractivity (Wildman–Crippen MR) is 72.2 cm³/mol. The fraction of sp³-hybridized carbons (Fsp3) is 1.00. The van der Waals surface area contributed by atoms with Gasteiger partial charge in [0.15, 0.2) is 0 Å². The van der Waals surface area contributed by atoms with Gasteiger partial charge >= 0.3 is 0 Å². The van der Waals surface area contributed by atoms with E-state index in [-0.39, 0.29) is 0 Å². The van der Waals surface area contributed by atoms with Crippen molar-refractivity contribution in [2.24, 2.45) is 5.92 Å². The molecule has 2 saturated carbocycles. The largest absolute Gasteiger partial charge is 0.377 e. The van der Waals surface area contributed by atoms with Crippen LogP contribution >= 0.6 is 0 Å². The van der Waals surface area contributed by atoms with Crippen LogP contribution in [0.1, 0.15) is 64.2 Å². The van der Waals surface area contributed by atoms with Crippen molar-refractivity contribution in [3.8, 4) is 0 Å². The lowest BCUT2D eigenvalue weighted by molar-refractivity contribution is 0.00506. The van der Waals surface area contributed by atoms with E-state index in [1.54, 1.807) is 0 Å². The van der Waals surface area contributed by atoms with Crippen molar-refractivity contribution in [2.45, 2.75) is 76.4 Å². The summed E-state index contributed by atoms with van der Waals surface area (Å²) in [5, 5.41) is 3.49. The second-order valence-electron chi connectivity index (χ2n) is 5.89. The number of rotatable bonds is 5.